The second-order valence-electron chi connectivity index (χ2n) is 5.11. The third-order valence-corrected chi connectivity index (χ3v) is 3.30. The molecule has 5 N–H and O–H groups in total. The normalized spacial score (nSPS) is 28.6. The van der Waals surface area contributed by atoms with Crippen LogP contribution in [0.4, 0.5) is 4.39 Å². The minimum atomic E-state index is -1.60. The van der Waals surface area contributed by atoms with Crippen molar-refractivity contribution in [1.82, 2.24) is 9.55 Å². The summed E-state index contributed by atoms with van der Waals surface area (Å²) < 4.78 is 23.9. The molecular formula is C12H16FN3O7. The molecule has 2 rings (SSSR count). The zero-order chi connectivity index (χ0) is 17.3. The number of nitrogens with one attached hydrogen (secondary N) is 1. The summed E-state index contributed by atoms with van der Waals surface area (Å²) in [5, 5.41) is 19.8. The Morgan fingerprint density at radius 1 is 1.52 bits per heavy atom. The zero-order valence-electron chi connectivity index (χ0n) is 12.0. The number of aromatic amines is 1. The standard InChI is InChI=1S/C12H16FN3O7/c1-4(14)11(20)22-3-6-7(17)8(18)10(23-6)16-2-5(13)9(19)15-12(16)21/h2,4,6-8,10,17-18H,3,14H2,1H3,(H,15,19,21)/t4-,6-,7?,8?,10-/m0/s1. The minimum absolute atomic E-state index is 0.421. The number of H-pyrrole nitrogens is 1. The van der Waals surface area contributed by atoms with E-state index in [0.29, 0.717) is 10.8 Å². The van der Waals surface area contributed by atoms with Crippen molar-refractivity contribution in [1.29, 1.82) is 0 Å². The van der Waals surface area contributed by atoms with Gasteiger partial charge in [0.15, 0.2) is 6.23 Å². The maximum Gasteiger partial charge on any atom is 0.330 e. The summed E-state index contributed by atoms with van der Waals surface area (Å²) >= 11 is 0. The monoisotopic (exact) mass is 333 g/mol. The number of aliphatic hydroxyl groups is 2. The summed E-state index contributed by atoms with van der Waals surface area (Å²) in [6.45, 7) is 0.976. The number of hydrogen-bond acceptors (Lipinski definition) is 8. The van der Waals surface area contributed by atoms with Crippen molar-refractivity contribution in [2.45, 2.75) is 37.5 Å². The number of aliphatic hydroxyl groups excluding tert-OH is 2. The van der Waals surface area contributed by atoms with Crippen molar-refractivity contribution in [2.24, 2.45) is 5.73 Å². The lowest BCUT2D eigenvalue weighted by atomic mass is 10.1. The molecule has 1 aliphatic heterocycles. The van der Waals surface area contributed by atoms with E-state index in [2.05, 4.69) is 0 Å². The number of nitrogens with two attached hydrogens (primary N) is 1. The van der Waals surface area contributed by atoms with Gasteiger partial charge in [0.1, 0.15) is 31.0 Å². The van der Waals surface area contributed by atoms with Crippen LogP contribution < -0.4 is 17.0 Å². The Bertz CT molecular complexity index is 701. The summed E-state index contributed by atoms with van der Waals surface area (Å²) in [5.74, 6) is -2.01. The predicted octanol–water partition coefficient (Wildman–Crippen LogP) is -2.81. The molecule has 0 aliphatic carbocycles. The van der Waals surface area contributed by atoms with Gasteiger partial charge in [-0.2, -0.15) is 4.39 Å². The van der Waals surface area contributed by atoms with E-state index in [1.807, 2.05) is 0 Å². The molecule has 2 heterocycles. The van der Waals surface area contributed by atoms with Crippen LogP contribution >= 0.6 is 0 Å². The second-order valence-corrected chi connectivity index (χ2v) is 5.11. The Morgan fingerprint density at radius 3 is 2.78 bits per heavy atom. The van der Waals surface area contributed by atoms with Gasteiger partial charge in [-0.05, 0) is 6.92 Å². The van der Waals surface area contributed by atoms with Crippen LogP contribution in [0.25, 0.3) is 0 Å². The van der Waals surface area contributed by atoms with E-state index in [4.69, 9.17) is 15.2 Å². The third-order valence-electron chi connectivity index (χ3n) is 3.30. The van der Waals surface area contributed by atoms with E-state index in [0.717, 1.165) is 0 Å². The van der Waals surface area contributed by atoms with Gasteiger partial charge in [-0.1, -0.05) is 0 Å². The number of ether oxygens (including phenoxy) is 2. The Morgan fingerprint density at radius 2 is 2.17 bits per heavy atom. The first kappa shape index (κ1) is 17.3. The molecule has 1 aliphatic rings. The van der Waals surface area contributed by atoms with Crippen molar-refractivity contribution < 1.29 is 28.9 Å². The Kier molecular flexibility index (Phi) is 4.94. The number of aromatic nitrogens is 2. The first-order valence-corrected chi connectivity index (χ1v) is 6.67. The van der Waals surface area contributed by atoms with Crippen LogP contribution in [0.3, 0.4) is 0 Å². The van der Waals surface area contributed by atoms with Crippen LogP contribution in [0.2, 0.25) is 0 Å². The number of carbonyl (C=O) groups excluding carboxylic acids is 1. The molecule has 0 bridgehead atoms. The highest BCUT2D eigenvalue weighted by Crippen LogP contribution is 2.28. The van der Waals surface area contributed by atoms with Crippen LogP contribution in [0.1, 0.15) is 13.2 Å². The molecule has 128 valence electrons. The molecule has 0 saturated carbocycles. The van der Waals surface area contributed by atoms with Gasteiger partial charge in [-0.3, -0.25) is 19.1 Å². The molecule has 10 nitrogen and oxygen atoms in total. The van der Waals surface area contributed by atoms with Gasteiger partial charge in [0.05, 0.1) is 6.20 Å². The number of hydrogen-bond donors (Lipinski definition) is 4. The maximum absolute atomic E-state index is 13.3. The van der Waals surface area contributed by atoms with Gasteiger partial charge in [0.25, 0.3) is 5.56 Å². The molecule has 1 aromatic rings. The zero-order valence-corrected chi connectivity index (χ0v) is 12.0. The highest BCUT2D eigenvalue weighted by molar-refractivity contribution is 5.74. The average Bonchev–Trinajstić information content (AvgIpc) is 2.76. The van der Waals surface area contributed by atoms with Gasteiger partial charge >= 0.3 is 11.7 Å². The molecule has 1 aromatic heterocycles. The largest absolute Gasteiger partial charge is 0.462 e. The lowest BCUT2D eigenvalue weighted by Crippen LogP contribution is -2.39. The molecule has 0 aromatic carbocycles. The highest BCUT2D eigenvalue weighted by atomic mass is 19.1. The first-order valence-electron chi connectivity index (χ1n) is 6.67. The number of rotatable bonds is 4. The first-order chi connectivity index (χ1) is 10.7. The van der Waals surface area contributed by atoms with E-state index in [1.165, 1.54) is 6.92 Å². The van der Waals surface area contributed by atoms with Gasteiger partial charge in [0, 0.05) is 0 Å². The van der Waals surface area contributed by atoms with Gasteiger partial charge in [0.2, 0.25) is 5.82 Å². The Hall–Kier alpha value is -2.08. The Balaban J connectivity index is 2.17. The van der Waals surface area contributed by atoms with Crippen molar-refractivity contribution in [2.75, 3.05) is 6.61 Å². The summed E-state index contributed by atoms with van der Waals surface area (Å²) in [4.78, 5) is 35.6. The number of carbonyl (C=O) groups is 1. The van der Waals surface area contributed by atoms with Crippen LogP contribution in [-0.2, 0) is 14.3 Å². The average molecular weight is 333 g/mol. The lowest BCUT2D eigenvalue weighted by molar-refractivity contribution is -0.151. The molecule has 11 heteroatoms. The van der Waals surface area contributed by atoms with Crippen LogP contribution in [0.5, 0.6) is 0 Å². The molecule has 23 heavy (non-hydrogen) atoms. The molecule has 5 atom stereocenters. The summed E-state index contributed by atoms with van der Waals surface area (Å²) in [6.07, 6.45) is -5.15. The van der Waals surface area contributed by atoms with Crippen LogP contribution in [0.15, 0.2) is 15.8 Å². The third kappa shape index (κ3) is 3.47. The highest BCUT2D eigenvalue weighted by Gasteiger charge is 2.44. The van der Waals surface area contributed by atoms with E-state index in [9.17, 15) is 29.0 Å². The quantitative estimate of drug-likeness (QED) is 0.430. The van der Waals surface area contributed by atoms with E-state index >= 15 is 0 Å². The fourth-order valence-corrected chi connectivity index (χ4v) is 2.04. The fraction of sp³-hybridized carbons (Fsp3) is 0.583. The van der Waals surface area contributed by atoms with Gasteiger partial charge in [-0.25, -0.2) is 4.79 Å². The van der Waals surface area contributed by atoms with Crippen molar-refractivity contribution in [3.8, 4) is 0 Å². The summed E-state index contributed by atoms with van der Waals surface area (Å²) in [7, 11) is 0. The Labute approximate surface area is 128 Å². The molecule has 0 radical (unpaired) electrons. The number of esters is 1. The van der Waals surface area contributed by atoms with Crippen LogP contribution in [0, 0.1) is 5.82 Å². The smallest absolute Gasteiger partial charge is 0.330 e. The number of halogens is 1. The second kappa shape index (κ2) is 6.58. The minimum Gasteiger partial charge on any atom is -0.462 e. The molecular weight excluding hydrogens is 317 g/mol. The van der Waals surface area contributed by atoms with Crippen LogP contribution in [-0.4, -0.2) is 56.7 Å². The number of nitrogens with zero attached hydrogens (tertiary/aromatic N) is 1. The predicted molar refractivity (Wildman–Crippen MR) is 71.8 cm³/mol. The van der Waals surface area contributed by atoms with Gasteiger partial charge < -0.3 is 25.4 Å². The van der Waals surface area contributed by atoms with Gasteiger partial charge in [-0.15, -0.1) is 0 Å². The summed E-state index contributed by atoms with van der Waals surface area (Å²) in [6, 6.07) is -0.884. The van der Waals surface area contributed by atoms with Crippen molar-refractivity contribution in [3.63, 3.8) is 0 Å². The molecule has 1 saturated heterocycles. The maximum atomic E-state index is 13.3. The topological polar surface area (TPSA) is 157 Å². The summed E-state index contributed by atoms with van der Waals surface area (Å²) in [5.41, 5.74) is 3.06. The van der Waals surface area contributed by atoms with E-state index < -0.39 is 60.2 Å². The SMILES string of the molecule is C[C@H](N)C(=O)OC[C@@H]1O[C@H](n2cc(F)c(=O)[nH]c2=O)C(O)C1O. The lowest BCUT2D eigenvalue weighted by Gasteiger charge is -2.17. The molecule has 2 unspecified atom stereocenters. The molecule has 0 spiro atoms. The van der Waals surface area contributed by atoms with E-state index in [1.54, 1.807) is 4.98 Å². The fourth-order valence-electron chi connectivity index (χ4n) is 2.04. The van der Waals surface area contributed by atoms with Crippen molar-refractivity contribution >= 4 is 5.97 Å². The molecule has 0 amide bonds. The van der Waals surface area contributed by atoms with Crippen molar-refractivity contribution in [3.05, 3.63) is 32.9 Å². The molecule has 1 fully saturated rings. The van der Waals surface area contributed by atoms with E-state index in [-0.39, 0.29) is 0 Å².